The first kappa shape index (κ1) is 11.3. The average Bonchev–Trinajstić information content (AvgIpc) is 2.18. The van der Waals surface area contributed by atoms with Crippen LogP contribution >= 0.6 is 11.6 Å². The van der Waals surface area contributed by atoms with Gasteiger partial charge in [0.1, 0.15) is 5.82 Å². The van der Waals surface area contributed by atoms with E-state index in [0.717, 1.165) is 0 Å². The molecule has 0 saturated carbocycles. The number of carbonyl (C=O) groups is 1. The van der Waals surface area contributed by atoms with E-state index in [1.165, 1.54) is 12.3 Å². The highest BCUT2D eigenvalue weighted by Gasteiger charge is 2.11. The first-order valence-electron chi connectivity index (χ1n) is 4.09. The van der Waals surface area contributed by atoms with Gasteiger partial charge in [-0.3, -0.25) is 0 Å². The van der Waals surface area contributed by atoms with E-state index < -0.39 is 5.97 Å². The molecule has 1 aromatic heterocycles. The Morgan fingerprint density at radius 2 is 2.47 bits per heavy atom. The van der Waals surface area contributed by atoms with E-state index in [0.29, 0.717) is 12.4 Å². The molecule has 0 atom stereocenters. The minimum absolute atomic E-state index is 0.0190. The number of aromatic carboxylic acids is 1. The Hall–Kier alpha value is -1.73. The maximum absolute atomic E-state index is 10.8. The third kappa shape index (κ3) is 2.61. The van der Waals surface area contributed by atoms with Gasteiger partial charge in [0, 0.05) is 13.2 Å². The van der Waals surface area contributed by atoms with Gasteiger partial charge in [-0.25, -0.2) is 9.78 Å². The quantitative estimate of drug-likeness (QED) is 0.791. The van der Waals surface area contributed by atoms with Gasteiger partial charge < -0.3 is 10.0 Å². The Bertz CT molecular complexity index is 426. The monoisotopic (exact) mass is 224 g/mol. The van der Waals surface area contributed by atoms with Crippen LogP contribution in [0.5, 0.6) is 0 Å². The van der Waals surface area contributed by atoms with Crippen LogP contribution in [0, 0.1) is 12.3 Å². The van der Waals surface area contributed by atoms with Gasteiger partial charge in [-0.1, -0.05) is 17.5 Å². The van der Waals surface area contributed by atoms with Gasteiger partial charge in [0.2, 0.25) is 0 Å². The Morgan fingerprint density at radius 3 is 3.00 bits per heavy atom. The summed E-state index contributed by atoms with van der Waals surface area (Å²) in [4.78, 5) is 16.4. The number of nitrogens with zero attached hydrogens (tertiary/aromatic N) is 2. The number of hydrogen-bond acceptors (Lipinski definition) is 3. The average molecular weight is 225 g/mol. The normalized spacial score (nSPS) is 9.40. The summed E-state index contributed by atoms with van der Waals surface area (Å²) >= 11 is 5.67. The maximum Gasteiger partial charge on any atom is 0.337 e. The number of terminal acetylenes is 1. The zero-order valence-corrected chi connectivity index (χ0v) is 8.82. The van der Waals surface area contributed by atoms with Gasteiger partial charge in [-0.05, 0) is 6.07 Å². The van der Waals surface area contributed by atoms with Crippen molar-refractivity contribution >= 4 is 23.4 Å². The number of halogens is 1. The number of carboxylic acids is 1. The highest BCUT2D eigenvalue weighted by Crippen LogP contribution is 2.19. The summed E-state index contributed by atoms with van der Waals surface area (Å²) in [6.07, 6.45) is 6.43. The molecule has 1 rings (SSSR count). The van der Waals surface area contributed by atoms with Gasteiger partial charge in [-0.15, -0.1) is 6.42 Å². The molecule has 0 saturated heterocycles. The molecule has 1 aromatic rings. The topological polar surface area (TPSA) is 53.4 Å². The van der Waals surface area contributed by atoms with E-state index in [2.05, 4.69) is 10.9 Å². The standard InChI is InChI=1S/C10H9ClN2O2/c1-3-4-13(2)9-5-7(10(14)15)8(11)6-12-9/h1,5-6H,4H2,2H3,(H,14,15). The Kier molecular flexibility index (Phi) is 3.53. The second-order valence-corrected chi connectivity index (χ2v) is 3.29. The van der Waals surface area contributed by atoms with E-state index >= 15 is 0 Å². The molecule has 0 amide bonds. The molecule has 0 aliphatic rings. The third-order valence-corrected chi connectivity index (χ3v) is 2.09. The van der Waals surface area contributed by atoms with Crippen molar-refractivity contribution in [3.8, 4) is 12.3 Å². The lowest BCUT2D eigenvalue weighted by molar-refractivity contribution is 0.0697. The molecule has 0 aliphatic carbocycles. The molecule has 0 aromatic carbocycles. The van der Waals surface area contributed by atoms with E-state index in [1.54, 1.807) is 11.9 Å². The van der Waals surface area contributed by atoms with Crippen molar-refractivity contribution in [1.82, 2.24) is 4.98 Å². The molecule has 0 fully saturated rings. The van der Waals surface area contributed by atoms with Crippen LogP contribution < -0.4 is 4.90 Å². The first-order valence-corrected chi connectivity index (χ1v) is 4.47. The molecular weight excluding hydrogens is 216 g/mol. The predicted octanol–water partition coefficient (Wildman–Crippen LogP) is 1.50. The number of pyridine rings is 1. The molecule has 5 heteroatoms. The predicted molar refractivity (Wildman–Crippen MR) is 58.3 cm³/mol. The molecule has 0 bridgehead atoms. The fraction of sp³-hybridized carbons (Fsp3) is 0.200. The smallest absolute Gasteiger partial charge is 0.337 e. The van der Waals surface area contributed by atoms with Crippen LogP contribution in [0.4, 0.5) is 5.82 Å². The van der Waals surface area contributed by atoms with Crippen molar-refractivity contribution in [3.05, 3.63) is 22.8 Å². The summed E-state index contributed by atoms with van der Waals surface area (Å²) in [6, 6.07) is 1.39. The second kappa shape index (κ2) is 4.67. The SMILES string of the molecule is C#CCN(C)c1cc(C(=O)O)c(Cl)cn1. The molecule has 1 heterocycles. The largest absolute Gasteiger partial charge is 0.478 e. The van der Waals surface area contributed by atoms with Crippen LogP contribution in [0.1, 0.15) is 10.4 Å². The second-order valence-electron chi connectivity index (χ2n) is 2.89. The summed E-state index contributed by atoms with van der Waals surface area (Å²) in [6.45, 7) is 0.355. The number of aromatic nitrogens is 1. The molecule has 0 unspecified atom stereocenters. The molecular formula is C10H9ClN2O2. The maximum atomic E-state index is 10.8. The molecule has 0 radical (unpaired) electrons. The lowest BCUT2D eigenvalue weighted by atomic mass is 10.2. The first-order chi connectivity index (χ1) is 7.06. The highest BCUT2D eigenvalue weighted by atomic mass is 35.5. The van der Waals surface area contributed by atoms with Crippen LogP contribution in [0.3, 0.4) is 0 Å². The molecule has 1 N–H and O–H groups in total. The number of carboxylic acid groups (broad SMARTS) is 1. The van der Waals surface area contributed by atoms with Crippen LogP contribution in [0.15, 0.2) is 12.3 Å². The summed E-state index contributed by atoms with van der Waals surface area (Å²) in [5.74, 6) is 1.83. The summed E-state index contributed by atoms with van der Waals surface area (Å²) in [5, 5.41) is 8.94. The molecule has 0 aliphatic heterocycles. The Morgan fingerprint density at radius 1 is 1.80 bits per heavy atom. The van der Waals surface area contributed by atoms with Gasteiger partial charge in [-0.2, -0.15) is 0 Å². The van der Waals surface area contributed by atoms with E-state index in [-0.39, 0.29) is 10.6 Å². The van der Waals surface area contributed by atoms with Crippen LogP contribution in [-0.2, 0) is 0 Å². The Labute approximate surface area is 92.5 Å². The minimum Gasteiger partial charge on any atom is -0.478 e. The minimum atomic E-state index is -1.09. The molecule has 0 spiro atoms. The van der Waals surface area contributed by atoms with Gasteiger partial charge >= 0.3 is 5.97 Å². The fourth-order valence-corrected chi connectivity index (χ4v) is 1.20. The van der Waals surface area contributed by atoms with Crippen molar-refractivity contribution in [2.24, 2.45) is 0 Å². The van der Waals surface area contributed by atoms with Crippen molar-refractivity contribution in [2.75, 3.05) is 18.5 Å². The number of hydrogen-bond donors (Lipinski definition) is 1. The van der Waals surface area contributed by atoms with Gasteiger partial charge in [0.15, 0.2) is 0 Å². The van der Waals surface area contributed by atoms with Crippen LogP contribution in [-0.4, -0.2) is 29.7 Å². The highest BCUT2D eigenvalue weighted by molar-refractivity contribution is 6.33. The van der Waals surface area contributed by atoms with Gasteiger partial charge in [0.25, 0.3) is 0 Å². The van der Waals surface area contributed by atoms with Crippen LogP contribution in [0.25, 0.3) is 0 Å². The zero-order valence-electron chi connectivity index (χ0n) is 8.07. The zero-order chi connectivity index (χ0) is 11.4. The van der Waals surface area contributed by atoms with Crippen molar-refractivity contribution in [1.29, 1.82) is 0 Å². The number of rotatable bonds is 3. The van der Waals surface area contributed by atoms with E-state index in [4.69, 9.17) is 23.1 Å². The lowest BCUT2D eigenvalue weighted by Crippen LogP contribution is -2.18. The van der Waals surface area contributed by atoms with E-state index in [9.17, 15) is 4.79 Å². The molecule has 78 valence electrons. The summed E-state index contributed by atoms with van der Waals surface area (Å²) in [5.41, 5.74) is 0.0190. The van der Waals surface area contributed by atoms with E-state index in [1.807, 2.05) is 0 Å². The van der Waals surface area contributed by atoms with Gasteiger partial charge in [0.05, 0.1) is 17.1 Å². The third-order valence-electron chi connectivity index (χ3n) is 1.79. The lowest BCUT2D eigenvalue weighted by Gasteiger charge is -2.15. The van der Waals surface area contributed by atoms with Crippen molar-refractivity contribution in [3.63, 3.8) is 0 Å². The van der Waals surface area contributed by atoms with Crippen molar-refractivity contribution in [2.45, 2.75) is 0 Å². The molecule has 4 nitrogen and oxygen atoms in total. The molecule has 15 heavy (non-hydrogen) atoms. The summed E-state index contributed by atoms with van der Waals surface area (Å²) < 4.78 is 0. The fourth-order valence-electron chi connectivity index (χ4n) is 1.02. The van der Waals surface area contributed by atoms with Crippen LogP contribution in [0.2, 0.25) is 5.02 Å². The Balaban J connectivity index is 3.08. The van der Waals surface area contributed by atoms with Crippen molar-refractivity contribution < 1.29 is 9.90 Å². The summed E-state index contributed by atoms with van der Waals surface area (Å²) in [7, 11) is 1.72. The number of anilines is 1.